The van der Waals surface area contributed by atoms with Crippen molar-refractivity contribution in [1.29, 1.82) is 0 Å². The third-order valence-corrected chi connectivity index (χ3v) is 0.828. The van der Waals surface area contributed by atoms with Gasteiger partial charge in [-0.3, -0.25) is 3.63 Å². The van der Waals surface area contributed by atoms with E-state index in [2.05, 4.69) is 16.5 Å². The van der Waals surface area contributed by atoms with Crippen molar-refractivity contribution in [3.8, 4) is 0 Å². The molecule has 0 spiro atoms. The van der Waals surface area contributed by atoms with Gasteiger partial charge in [-0.15, -0.1) is 0 Å². The van der Waals surface area contributed by atoms with Crippen LogP contribution in [0.3, 0.4) is 0 Å². The average molecular weight is 110 g/mol. The third-order valence-electron chi connectivity index (χ3n) is 0.171. The molecule has 0 atom stereocenters. The van der Waals surface area contributed by atoms with E-state index in [9.17, 15) is 0 Å². The molecule has 0 fully saturated rings. The van der Waals surface area contributed by atoms with Crippen molar-refractivity contribution in [3.63, 3.8) is 0 Å². The second-order valence-corrected chi connectivity index (χ2v) is 1.89. The molecule has 1 nitrogen and oxygen atoms in total. The summed E-state index contributed by atoms with van der Waals surface area (Å²) in [6.07, 6.45) is 0. The minimum atomic E-state index is 0.962. The fourth-order valence-electron chi connectivity index (χ4n) is 0.0527. The van der Waals surface area contributed by atoms with Crippen molar-refractivity contribution in [1.82, 2.24) is 0 Å². The Balaban J connectivity index is 2.19. The van der Waals surface area contributed by atoms with Crippen LogP contribution in [0.2, 0.25) is 0 Å². The summed E-state index contributed by atoms with van der Waals surface area (Å²) in [5.41, 5.74) is 0. The van der Waals surface area contributed by atoms with Crippen LogP contribution in [-0.4, -0.2) is 5.75 Å². The molecule has 0 heterocycles. The number of hydrogen-bond donors (Lipinski definition) is 1. The highest BCUT2D eigenvalue weighted by atomic mass is 32.2. The molecule has 32 valence electrons. The number of hydrogen-bond acceptors (Lipinski definition) is 3. The molecule has 0 bridgehead atoms. The average Bonchev–Trinajstić information content (AvgIpc) is 1.41. The fraction of sp³-hybridized carbons (Fsp3) is 1.00. The lowest BCUT2D eigenvalue weighted by molar-refractivity contribution is 0.775. The second kappa shape index (κ2) is 4.66. The summed E-state index contributed by atoms with van der Waals surface area (Å²) in [6, 6.07) is 0. The van der Waals surface area contributed by atoms with Gasteiger partial charge < -0.3 is 0 Å². The van der Waals surface area contributed by atoms with Crippen LogP contribution >= 0.6 is 25.0 Å². The van der Waals surface area contributed by atoms with E-state index in [1.54, 1.807) is 0 Å². The Bertz CT molecular complexity index is 15.1. The Morgan fingerprint density at radius 1 is 2.00 bits per heavy atom. The monoisotopic (exact) mass is 110 g/mol. The topological polar surface area (TPSA) is 9.23 Å². The standard InChI is InChI=1S/C2H6OS2/c1-2-5-3-4/h4H,2H2,1H3. The van der Waals surface area contributed by atoms with Gasteiger partial charge in [-0.05, 0) is 12.9 Å². The summed E-state index contributed by atoms with van der Waals surface area (Å²) in [4.78, 5) is 0. The summed E-state index contributed by atoms with van der Waals surface area (Å²) in [6.45, 7) is 2.00. The molecule has 0 aromatic carbocycles. The van der Waals surface area contributed by atoms with Crippen LogP contribution in [0.5, 0.6) is 0 Å². The van der Waals surface area contributed by atoms with E-state index in [1.165, 1.54) is 12.0 Å². The summed E-state index contributed by atoms with van der Waals surface area (Å²) < 4.78 is 4.30. The van der Waals surface area contributed by atoms with Gasteiger partial charge in [0, 0.05) is 17.8 Å². The predicted molar refractivity (Wildman–Crippen MR) is 28.2 cm³/mol. The van der Waals surface area contributed by atoms with Gasteiger partial charge in [-0.1, -0.05) is 6.92 Å². The molecule has 0 aromatic rings. The summed E-state index contributed by atoms with van der Waals surface area (Å²) >= 11 is 4.79. The maximum Gasteiger partial charge on any atom is 0.0182 e. The molecule has 0 aliphatic heterocycles. The van der Waals surface area contributed by atoms with Crippen LogP contribution in [0, 0.1) is 0 Å². The zero-order chi connectivity index (χ0) is 4.12. The fourth-order valence-corrected chi connectivity index (χ4v) is 0.474. The molecule has 0 saturated heterocycles. The molecule has 0 rings (SSSR count). The van der Waals surface area contributed by atoms with Gasteiger partial charge in [-0.2, -0.15) is 0 Å². The van der Waals surface area contributed by atoms with Crippen LogP contribution in [0.4, 0.5) is 0 Å². The van der Waals surface area contributed by atoms with Gasteiger partial charge in [-0.25, -0.2) is 0 Å². The number of thiol groups is 1. The Morgan fingerprint density at radius 2 is 2.60 bits per heavy atom. The van der Waals surface area contributed by atoms with E-state index in [-0.39, 0.29) is 0 Å². The maximum absolute atomic E-state index is 4.30. The molecule has 0 N–H and O–H groups in total. The van der Waals surface area contributed by atoms with Crippen molar-refractivity contribution in [2.75, 3.05) is 5.75 Å². The minimum absolute atomic E-state index is 0.962. The highest BCUT2D eigenvalue weighted by molar-refractivity contribution is 8.01. The molecule has 0 amide bonds. The lowest BCUT2D eigenvalue weighted by Gasteiger charge is -1.80. The van der Waals surface area contributed by atoms with Crippen molar-refractivity contribution in [2.24, 2.45) is 0 Å². The van der Waals surface area contributed by atoms with Crippen molar-refractivity contribution in [3.05, 3.63) is 0 Å². The Hall–Kier alpha value is 0.660. The first-order chi connectivity index (χ1) is 2.41. The van der Waals surface area contributed by atoms with E-state index < -0.39 is 0 Å². The second-order valence-electron chi connectivity index (χ2n) is 0.481. The molecular weight excluding hydrogens is 104 g/mol. The molecular formula is C2H6OS2. The first-order valence-electron chi connectivity index (χ1n) is 1.35. The normalized spacial score (nSPS) is 8.40. The van der Waals surface area contributed by atoms with Gasteiger partial charge in [0.15, 0.2) is 0 Å². The largest absolute Gasteiger partial charge is 0.250 e. The SMILES string of the molecule is CCSOS. The summed E-state index contributed by atoms with van der Waals surface area (Å²) in [7, 11) is 0. The van der Waals surface area contributed by atoms with Gasteiger partial charge in [0.1, 0.15) is 0 Å². The van der Waals surface area contributed by atoms with Crippen LogP contribution < -0.4 is 0 Å². The van der Waals surface area contributed by atoms with Crippen molar-refractivity contribution >= 4 is 25.0 Å². The van der Waals surface area contributed by atoms with Crippen LogP contribution in [-0.2, 0) is 3.63 Å². The lowest BCUT2D eigenvalue weighted by Crippen LogP contribution is -1.57. The molecule has 3 heteroatoms. The quantitative estimate of drug-likeness (QED) is 0.426. The first kappa shape index (κ1) is 5.66. The van der Waals surface area contributed by atoms with E-state index >= 15 is 0 Å². The maximum atomic E-state index is 4.30. The molecule has 0 aliphatic rings. The highest BCUT2D eigenvalue weighted by Crippen LogP contribution is 2.00. The van der Waals surface area contributed by atoms with E-state index in [0.717, 1.165) is 5.75 Å². The number of rotatable bonds is 2. The first-order valence-corrected chi connectivity index (χ1v) is 2.62. The smallest absolute Gasteiger partial charge is 0.0182 e. The Morgan fingerprint density at radius 3 is 2.60 bits per heavy atom. The van der Waals surface area contributed by atoms with Crippen molar-refractivity contribution < 1.29 is 3.63 Å². The van der Waals surface area contributed by atoms with Gasteiger partial charge >= 0.3 is 0 Å². The predicted octanol–water partition coefficient (Wildman–Crippen LogP) is 1.52. The van der Waals surface area contributed by atoms with Crippen molar-refractivity contribution in [2.45, 2.75) is 6.92 Å². The van der Waals surface area contributed by atoms with Gasteiger partial charge in [0.2, 0.25) is 0 Å². The van der Waals surface area contributed by atoms with Gasteiger partial charge in [0.25, 0.3) is 0 Å². The zero-order valence-electron chi connectivity index (χ0n) is 2.97. The minimum Gasteiger partial charge on any atom is -0.250 e. The molecule has 0 aromatic heterocycles. The molecule has 0 saturated carbocycles. The van der Waals surface area contributed by atoms with Gasteiger partial charge in [0.05, 0.1) is 0 Å². The van der Waals surface area contributed by atoms with E-state index in [1.807, 2.05) is 6.92 Å². The zero-order valence-corrected chi connectivity index (χ0v) is 4.68. The lowest BCUT2D eigenvalue weighted by atomic mass is 11.0. The Kier molecular flexibility index (Phi) is 5.28. The highest BCUT2D eigenvalue weighted by Gasteiger charge is 1.68. The molecule has 0 aliphatic carbocycles. The Labute approximate surface area is 41.9 Å². The molecule has 5 heavy (non-hydrogen) atoms. The summed E-state index contributed by atoms with van der Waals surface area (Å²) in [5.74, 6) is 0.962. The molecule has 0 radical (unpaired) electrons. The van der Waals surface area contributed by atoms with Crippen LogP contribution in [0.15, 0.2) is 0 Å². The third kappa shape index (κ3) is 4.66. The van der Waals surface area contributed by atoms with Crippen LogP contribution in [0.1, 0.15) is 6.92 Å². The van der Waals surface area contributed by atoms with Crippen LogP contribution in [0.25, 0.3) is 0 Å². The summed E-state index contributed by atoms with van der Waals surface area (Å²) in [5, 5.41) is 0. The van der Waals surface area contributed by atoms with E-state index in [4.69, 9.17) is 0 Å². The molecule has 0 unspecified atom stereocenters. The van der Waals surface area contributed by atoms with E-state index in [0.29, 0.717) is 0 Å².